The summed E-state index contributed by atoms with van der Waals surface area (Å²) in [7, 11) is 0. The summed E-state index contributed by atoms with van der Waals surface area (Å²) in [6.07, 6.45) is 0. The summed E-state index contributed by atoms with van der Waals surface area (Å²) in [5, 5.41) is 4.94. The van der Waals surface area contributed by atoms with E-state index in [-0.39, 0.29) is 18.7 Å². The van der Waals surface area contributed by atoms with E-state index in [9.17, 15) is 4.79 Å². The summed E-state index contributed by atoms with van der Waals surface area (Å²) in [6, 6.07) is 12.6. The Labute approximate surface area is 160 Å². The van der Waals surface area contributed by atoms with E-state index in [1.54, 1.807) is 29.8 Å². The lowest BCUT2D eigenvalue weighted by atomic mass is 10.1. The summed E-state index contributed by atoms with van der Waals surface area (Å²) in [5.74, 6) is 1.98. The first-order valence-corrected chi connectivity index (χ1v) is 9.43. The summed E-state index contributed by atoms with van der Waals surface area (Å²) in [6.45, 7) is 2.58. The van der Waals surface area contributed by atoms with Crippen LogP contribution in [0, 0.1) is 0 Å². The largest absolute Gasteiger partial charge is 0.487 e. The molecule has 1 unspecified atom stereocenters. The molecule has 1 aliphatic rings. The van der Waals surface area contributed by atoms with E-state index in [1.165, 1.54) is 11.3 Å². The lowest BCUT2D eigenvalue weighted by molar-refractivity contribution is 0.0939. The van der Waals surface area contributed by atoms with Gasteiger partial charge in [0.05, 0.1) is 17.2 Å². The highest BCUT2D eigenvalue weighted by molar-refractivity contribution is 7.07. The van der Waals surface area contributed by atoms with Crippen molar-refractivity contribution in [2.45, 2.75) is 19.6 Å². The third-order valence-electron chi connectivity index (χ3n) is 4.23. The van der Waals surface area contributed by atoms with Crippen molar-refractivity contribution in [3.05, 3.63) is 70.2 Å². The van der Waals surface area contributed by atoms with E-state index in [4.69, 9.17) is 14.2 Å². The molecule has 3 aromatic rings. The van der Waals surface area contributed by atoms with Gasteiger partial charge in [-0.3, -0.25) is 4.79 Å². The third kappa shape index (κ3) is 4.03. The lowest BCUT2D eigenvalue weighted by Gasteiger charge is -2.15. The van der Waals surface area contributed by atoms with Gasteiger partial charge in [0.15, 0.2) is 11.5 Å². The average molecular weight is 382 g/mol. The maximum Gasteiger partial charge on any atom is 0.251 e. The average Bonchev–Trinajstić information content (AvgIpc) is 3.37. The predicted octanol–water partition coefficient (Wildman–Crippen LogP) is 3.94. The molecule has 0 spiro atoms. The number of carbonyl (C=O) groups is 1. The lowest BCUT2D eigenvalue weighted by Crippen LogP contribution is -2.26. The van der Waals surface area contributed by atoms with Crippen molar-refractivity contribution in [3.63, 3.8) is 0 Å². The van der Waals surface area contributed by atoms with Gasteiger partial charge in [-0.25, -0.2) is 4.98 Å². The van der Waals surface area contributed by atoms with Gasteiger partial charge in [-0.2, -0.15) is 0 Å². The highest BCUT2D eigenvalue weighted by Crippen LogP contribution is 2.34. The maximum absolute atomic E-state index is 12.5. The maximum atomic E-state index is 12.5. The number of benzene rings is 2. The Morgan fingerprint density at radius 3 is 2.81 bits per heavy atom. The van der Waals surface area contributed by atoms with Crippen molar-refractivity contribution in [3.8, 4) is 17.2 Å². The molecule has 0 radical (unpaired) electrons. The molecule has 4 rings (SSSR count). The fourth-order valence-corrected chi connectivity index (χ4v) is 3.26. The number of fused-ring (bicyclic) bond motifs is 1. The van der Waals surface area contributed by atoms with Gasteiger partial charge in [0.25, 0.3) is 5.91 Å². The Kier molecular flexibility index (Phi) is 4.93. The molecule has 0 saturated heterocycles. The number of hydrogen-bond donors (Lipinski definition) is 1. The zero-order chi connectivity index (χ0) is 18.6. The van der Waals surface area contributed by atoms with Crippen LogP contribution in [0.5, 0.6) is 17.2 Å². The van der Waals surface area contributed by atoms with Gasteiger partial charge >= 0.3 is 0 Å². The Morgan fingerprint density at radius 1 is 1.22 bits per heavy atom. The normalized spacial score (nSPS) is 13.2. The number of thiazole rings is 1. The van der Waals surface area contributed by atoms with Crippen molar-refractivity contribution in [1.82, 2.24) is 10.3 Å². The van der Waals surface area contributed by atoms with Crippen molar-refractivity contribution in [2.75, 3.05) is 6.79 Å². The topological polar surface area (TPSA) is 69.7 Å². The Hall–Kier alpha value is -3.06. The summed E-state index contributed by atoms with van der Waals surface area (Å²) >= 11 is 1.53. The van der Waals surface area contributed by atoms with Crippen LogP contribution in [0.3, 0.4) is 0 Å². The monoisotopic (exact) mass is 382 g/mol. The van der Waals surface area contributed by atoms with Crippen LogP contribution >= 0.6 is 11.3 Å². The molecule has 1 amide bonds. The van der Waals surface area contributed by atoms with Gasteiger partial charge in [-0.15, -0.1) is 11.3 Å². The standard InChI is InChI=1S/C20H18N2O4S/c1-13(15-4-7-18-19(8-15)26-12-25-18)22-20(23)14-2-5-17(6-3-14)24-9-16-10-27-11-21-16/h2-8,10-11,13H,9,12H2,1H3,(H,22,23). The Morgan fingerprint density at radius 2 is 2.04 bits per heavy atom. The molecule has 1 N–H and O–H groups in total. The van der Waals surface area contributed by atoms with Crippen LogP contribution in [0.2, 0.25) is 0 Å². The van der Waals surface area contributed by atoms with Crippen molar-refractivity contribution >= 4 is 17.2 Å². The summed E-state index contributed by atoms with van der Waals surface area (Å²) in [5.41, 5.74) is 4.19. The number of hydrogen-bond acceptors (Lipinski definition) is 6. The van der Waals surface area contributed by atoms with Gasteiger partial charge in [-0.05, 0) is 48.9 Å². The van der Waals surface area contributed by atoms with Gasteiger partial charge in [0.2, 0.25) is 6.79 Å². The molecule has 1 atom stereocenters. The van der Waals surface area contributed by atoms with Gasteiger partial charge in [0.1, 0.15) is 12.4 Å². The molecule has 2 heterocycles. The minimum absolute atomic E-state index is 0.147. The zero-order valence-electron chi connectivity index (χ0n) is 14.7. The van der Waals surface area contributed by atoms with E-state index in [2.05, 4.69) is 10.3 Å². The van der Waals surface area contributed by atoms with E-state index in [0.717, 1.165) is 17.0 Å². The van der Waals surface area contributed by atoms with Crippen molar-refractivity contribution in [1.29, 1.82) is 0 Å². The number of nitrogens with zero attached hydrogens (tertiary/aromatic N) is 1. The van der Waals surface area contributed by atoms with Crippen LogP contribution in [0.15, 0.2) is 53.4 Å². The zero-order valence-corrected chi connectivity index (χ0v) is 15.5. The quantitative estimate of drug-likeness (QED) is 0.699. The van der Waals surface area contributed by atoms with Gasteiger partial charge in [-0.1, -0.05) is 6.07 Å². The van der Waals surface area contributed by atoms with E-state index < -0.39 is 0 Å². The second-order valence-electron chi connectivity index (χ2n) is 6.10. The molecule has 0 bridgehead atoms. The predicted molar refractivity (Wildman–Crippen MR) is 101 cm³/mol. The SMILES string of the molecule is CC(NC(=O)c1ccc(OCc2cscn2)cc1)c1ccc2c(c1)OCO2. The van der Waals surface area contributed by atoms with Crippen LogP contribution in [0.1, 0.15) is 34.6 Å². The molecule has 1 aromatic heterocycles. The number of aromatic nitrogens is 1. The van der Waals surface area contributed by atoms with E-state index in [1.807, 2.05) is 30.5 Å². The molecule has 1 aliphatic heterocycles. The van der Waals surface area contributed by atoms with Crippen LogP contribution in [0.25, 0.3) is 0 Å². The highest BCUT2D eigenvalue weighted by Gasteiger charge is 2.17. The molecular weight excluding hydrogens is 364 g/mol. The number of amides is 1. The summed E-state index contributed by atoms with van der Waals surface area (Å²) in [4.78, 5) is 16.7. The molecule has 2 aromatic carbocycles. The Balaban J connectivity index is 1.36. The fraction of sp³-hybridized carbons (Fsp3) is 0.200. The first kappa shape index (κ1) is 17.4. The molecule has 138 valence electrons. The molecule has 0 fully saturated rings. The second kappa shape index (κ2) is 7.67. The molecule has 0 saturated carbocycles. The molecule has 0 aliphatic carbocycles. The number of rotatable bonds is 6. The van der Waals surface area contributed by atoms with Crippen molar-refractivity contribution < 1.29 is 19.0 Å². The third-order valence-corrected chi connectivity index (χ3v) is 4.87. The van der Waals surface area contributed by atoms with Crippen LogP contribution < -0.4 is 19.5 Å². The highest BCUT2D eigenvalue weighted by atomic mass is 32.1. The second-order valence-corrected chi connectivity index (χ2v) is 6.82. The summed E-state index contributed by atoms with van der Waals surface area (Å²) < 4.78 is 16.4. The first-order valence-electron chi connectivity index (χ1n) is 8.49. The van der Waals surface area contributed by atoms with Crippen LogP contribution in [-0.4, -0.2) is 17.7 Å². The Bertz CT molecular complexity index is 926. The van der Waals surface area contributed by atoms with Crippen molar-refractivity contribution in [2.24, 2.45) is 0 Å². The number of nitrogens with one attached hydrogen (secondary N) is 1. The fourth-order valence-electron chi connectivity index (χ4n) is 2.71. The van der Waals surface area contributed by atoms with Gasteiger partial charge in [0, 0.05) is 10.9 Å². The minimum atomic E-state index is -0.160. The first-order chi connectivity index (χ1) is 13.2. The van der Waals surface area contributed by atoms with E-state index >= 15 is 0 Å². The van der Waals surface area contributed by atoms with Gasteiger partial charge < -0.3 is 19.5 Å². The molecular formula is C20H18N2O4S. The molecule has 27 heavy (non-hydrogen) atoms. The minimum Gasteiger partial charge on any atom is -0.487 e. The van der Waals surface area contributed by atoms with Crippen LogP contribution in [0.4, 0.5) is 0 Å². The smallest absolute Gasteiger partial charge is 0.251 e. The molecule has 6 nitrogen and oxygen atoms in total. The number of ether oxygens (including phenoxy) is 3. The van der Waals surface area contributed by atoms with Crippen LogP contribution in [-0.2, 0) is 6.61 Å². The number of carbonyl (C=O) groups excluding carboxylic acids is 1. The van der Waals surface area contributed by atoms with E-state index in [0.29, 0.717) is 23.7 Å². The molecule has 7 heteroatoms.